The van der Waals surface area contributed by atoms with Gasteiger partial charge in [0.05, 0.1) is 14.3 Å². The average molecular weight is 524 g/mol. The van der Waals surface area contributed by atoms with Gasteiger partial charge >= 0.3 is 0 Å². The molecule has 2 aromatic rings. The summed E-state index contributed by atoms with van der Waals surface area (Å²) in [5, 5.41) is 21.4. The molecule has 144 valence electrons. The fourth-order valence-electron chi connectivity index (χ4n) is 3.04. The number of amidine groups is 1. The number of fused-ring (bicyclic) bond motifs is 2. The van der Waals surface area contributed by atoms with Gasteiger partial charge in [0.2, 0.25) is 0 Å². The highest BCUT2D eigenvalue weighted by atomic mass is 79.9. The summed E-state index contributed by atoms with van der Waals surface area (Å²) in [6, 6.07) is 11.1. The van der Waals surface area contributed by atoms with Gasteiger partial charge in [-0.3, -0.25) is 15.1 Å². The number of thioether (sulfide) groups is 1. The third kappa shape index (κ3) is 3.46. The van der Waals surface area contributed by atoms with Crippen LogP contribution in [0.2, 0.25) is 0 Å². The Labute approximate surface area is 182 Å². The van der Waals surface area contributed by atoms with Crippen molar-refractivity contribution in [2.45, 2.75) is 19.5 Å². The molecule has 0 fully saturated rings. The maximum atomic E-state index is 12.9. The molecule has 9 heteroatoms. The molecule has 4 rings (SSSR count). The molecule has 1 atom stereocenters. The Balaban J connectivity index is 1.92. The number of para-hydroxylation sites is 1. The molecule has 2 aromatic carbocycles. The van der Waals surface area contributed by atoms with Crippen LogP contribution in [-0.2, 0) is 4.79 Å². The quantitative estimate of drug-likeness (QED) is 0.647. The highest BCUT2D eigenvalue weighted by Crippen LogP contribution is 2.38. The van der Waals surface area contributed by atoms with Gasteiger partial charge in [0.25, 0.3) is 5.91 Å². The summed E-state index contributed by atoms with van der Waals surface area (Å²) in [6.07, 6.45) is 0.450. The number of nitrogens with one attached hydrogen (secondary N) is 1. The molecule has 0 saturated heterocycles. The van der Waals surface area contributed by atoms with E-state index in [1.807, 2.05) is 24.3 Å². The molecule has 1 amide bonds. The van der Waals surface area contributed by atoms with E-state index < -0.39 is 6.17 Å². The summed E-state index contributed by atoms with van der Waals surface area (Å²) in [5.41, 5.74) is 1.26. The van der Waals surface area contributed by atoms with Crippen molar-refractivity contribution >= 4 is 60.4 Å². The number of nitrogens with zero attached hydrogens (tertiary/aromatic N) is 3. The second kappa shape index (κ2) is 7.88. The van der Waals surface area contributed by atoms with Gasteiger partial charge in [0.15, 0.2) is 11.3 Å². The van der Waals surface area contributed by atoms with Gasteiger partial charge in [-0.2, -0.15) is 0 Å². The summed E-state index contributed by atoms with van der Waals surface area (Å²) in [5.74, 6) is 0.776. The zero-order valence-electron chi connectivity index (χ0n) is 14.8. The molecular formula is C19H16Br2N4O2S. The highest BCUT2D eigenvalue weighted by molar-refractivity contribution is 9.11. The van der Waals surface area contributed by atoms with E-state index in [0.29, 0.717) is 19.8 Å². The number of benzene rings is 2. The molecule has 1 unspecified atom stereocenters. The Bertz CT molecular complexity index is 1100. The van der Waals surface area contributed by atoms with Gasteiger partial charge < -0.3 is 5.11 Å². The fraction of sp³-hybridized carbons (Fsp3) is 0.211. The van der Waals surface area contributed by atoms with Crippen molar-refractivity contribution in [2.75, 3.05) is 5.75 Å². The number of hydrogen-bond acceptors (Lipinski definition) is 6. The Hall–Kier alpha value is -1.84. The van der Waals surface area contributed by atoms with Crippen LogP contribution >= 0.6 is 43.6 Å². The first-order valence-electron chi connectivity index (χ1n) is 8.66. The normalized spacial score (nSPS) is 18.0. The lowest BCUT2D eigenvalue weighted by Gasteiger charge is -2.34. The molecule has 28 heavy (non-hydrogen) atoms. The van der Waals surface area contributed by atoms with Crippen LogP contribution < -0.4 is 15.9 Å². The standard InChI is InChI=1S/C19H16Br2N4O2S/c1-2-7-28-19-23-18(27)15-11-5-3-4-6-14(11)22-17(25(15)24-19)10-8-12(20)16(26)13(21)9-10/h3-6,8-9,17,26H,2,7H2,1H3,(H,23,24,27). The van der Waals surface area contributed by atoms with Crippen molar-refractivity contribution in [3.8, 4) is 5.75 Å². The summed E-state index contributed by atoms with van der Waals surface area (Å²) in [4.78, 5) is 17.8. The fourth-order valence-corrected chi connectivity index (χ4v) is 4.97. The van der Waals surface area contributed by atoms with Crippen molar-refractivity contribution in [3.63, 3.8) is 0 Å². The molecule has 2 heterocycles. The lowest BCUT2D eigenvalue weighted by molar-refractivity contribution is -0.116. The molecule has 0 bridgehead atoms. The zero-order valence-corrected chi connectivity index (χ0v) is 18.8. The Kier molecular flexibility index (Phi) is 5.48. The van der Waals surface area contributed by atoms with Crippen LogP contribution in [0.3, 0.4) is 0 Å². The van der Waals surface area contributed by atoms with Gasteiger partial charge in [0.1, 0.15) is 11.4 Å². The minimum absolute atomic E-state index is 0.114. The molecule has 0 aliphatic carbocycles. The summed E-state index contributed by atoms with van der Waals surface area (Å²) in [7, 11) is 0. The van der Waals surface area contributed by atoms with Gasteiger partial charge in [-0.25, -0.2) is 5.01 Å². The maximum absolute atomic E-state index is 12.9. The molecule has 0 saturated carbocycles. The highest BCUT2D eigenvalue weighted by Gasteiger charge is 2.34. The summed E-state index contributed by atoms with van der Waals surface area (Å²) in [6.45, 7) is 2.08. The van der Waals surface area contributed by atoms with Gasteiger partial charge in [-0.05, 0) is 56.5 Å². The minimum Gasteiger partial charge on any atom is -0.506 e. The van der Waals surface area contributed by atoms with E-state index in [2.05, 4.69) is 49.2 Å². The first kappa shape index (κ1) is 19.5. The molecule has 0 radical (unpaired) electrons. The number of hydrogen-bond donors (Lipinski definition) is 2. The van der Waals surface area contributed by atoms with E-state index in [4.69, 9.17) is 4.99 Å². The number of aromatic hydroxyl groups is 1. The minimum atomic E-state index is -0.527. The largest absolute Gasteiger partial charge is 0.506 e. The number of phenols is 1. The van der Waals surface area contributed by atoms with Crippen LogP contribution in [0.1, 0.15) is 25.1 Å². The van der Waals surface area contributed by atoms with E-state index in [1.54, 1.807) is 17.1 Å². The molecule has 2 N–H and O–H groups in total. The Morgan fingerprint density at radius 1 is 1.25 bits per heavy atom. The SMILES string of the molecule is CCCSC1=NN2C(=c3ccccc3=NC2c2cc(Br)c(O)c(Br)c2)C(=O)N1. The number of amides is 1. The Morgan fingerprint density at radius 3 is 2.68 bits per heavy atom. The molecule has 0 spiro atoms. The van der Waals surface area contributed by atoms with Crippen LogP contribution in [0.15, 0.2) is 55.4 Å². The third-order valence-electron chi connectivity index (χ3n) is 4.30. The second-order valence-corrected chi connectivity index (χ2v) is 9.05. The number of phenolic OH excluding ortho intramolecular Hbond substituents is 1. The molecule has 0 aromatic heterocycles. The van der Waals surface area contributed by atoms with Crippen molar-refractivity contribution in [2.24, 2.45) is 10.1 Å². The topological polar surface area (TPSA) is 77.3 Å². The molecule has 2 aliphatic rings. The van der Waals surface area contributed by atoms with E-state index in [0.717, 1.165) is 28.3 Å². The van der Waals surface area contributed by atoms with Crippen LogP contribution in [0.5, 0.6) is 5.75 Å². The zero-order chi connectivity index (χ0) is 19.8. The number of rotatable bonds is 3. The number of carbonyl (C=O) groups is 1. The van der Waals surface area contributed by atoms with Gasteiger partial charge in [-0.1, -0.05) is 36.9 Å². The average Bonchev–Trinajstić information content (AvgIpc) is 2.69. The Morgan fingerprint density at radius 2 is 1.96 bits per heavy atom. The van der Waals surface area contributed by atoms with E-state index in [1.165, 1.54) is 11.8 Å². The second-order valence-electron chi connectivity index (χ2n) is 6.25. The van der Waals surface area contributed by atoms with Crippen molar-refractivity contribution in [1.82, 2.24) is 10.3 Å². The third-order valence-corrected chi connectivity index (χ3v) is 6.57. The smallest absolute Gasteiger partial charge is 0.276 e. The first-order chi connectivity index (χ1) is 13.5. The van der Waals surface area contributed by atoms with Crippen LogP contribution in [0.25, 0.3) is 5.70 Å². The van der Waals surface area contributed by atoms with Crippen LogP contribution in [0.4, 0.5) is 0 Å². The predicted molar refractivity (Wildman–Crippen MR) is 117 cm³/mol. The number of hydrazone groups is 1. The lowest BCUT2D eigenvalue weighted by atomic mass is 10.1. The molecule has 2 aliphatic heterocycles. The van der Waals surface area contributed by atoms with Crippen molar-refractivity contribution in [3.05, 3.63) is 61.5 Å². The van der Waals surface area contributed by atoms with Gasteiger partial charge in [0, 0.05) is 16.5 Å². The maximum Gasteiger partial charge on any atom is 0.276 e. The van der Waals surface area contributed by atoms with E-state index in [9.17, 15) is 9.90 Å². The van der Waals surface area contributed by atoms with Crippen LogP contribution in [0, 0.1) is 0 Å². The van der Waals surface area contributed by atoms with E-state index in [-0.39, 0.29) is 11.7 Å². The lowest BCUT2D eigenvalue weighted by Crippen LogP contribution is -2.50. The molecular weight excluding hydrogens is 508 g/mol. The van der Waals surface area contributed by atoms with Crippen LogP contribution in [-0.4, -0.2) is 26.9 Å². The summed E-state index contributed by atoms with van der Waals surface area (Å²) < 4.78 is 1.08. The van der Waals surface area contributed by atoms with Crippen molar-refractivity contribution in [1.29, 1.82) is 0 Å². The van der Waals surface area contributed by atoms with Gasteiger partial charge in [-0.15, -0.1) is 5.10 Å². The number of halogens is 2. The monoisotopic (exact) mass is 522 g/mol. The van der Waals surface area contributed by atoms with Crippen molar-refractivity contribution < 1.29 is 9.90 Å². The molecule has 6 nitrogen and oxygen atoms in total. The van der Waals surface area contributed by atoms with E-state index >= 15 is 0 Å². The number of carbonyl (C=O) groups excluding carboxylic acids is 1. The summed E-state index contributed by atoms with van der Waals surface area (Å²) >= 11 is 8.26. The predicted octanol–water partition coefficient (Wildman–Crippen LogP) is 3.20. The first-order valence-corrected chi connectivity index (χ1v) is 11.2.